The number of thiazole rings is 1. The van der Waals surface area contributed by atoms with E-state index in [1.165, 1.54) is 0 Å². The predicted octanol–water partition coefficient (Wildman–Crippen LogP) is 1.08. The maximum absolute atomic E-state index is 11.6. The molecule has 2 N–H and O–H groups in total. The van der Waals surface area contributed by atoms with Crippen molar-refractivity contribution in [3.8, 4) is 0 Å². The lowest BCUT2D eigenvalue weighted by atomic mass is 10.3. The summed E-state index contributed by atoms with van der Waals surface area (Å²) in [4.78, 5) is 26.6. The minimum atomic E-state index is -0.873. The second-order valence-electron chi connectivity index (χ2n) is 4.41. The van der Waals surface area contributed by atoms with Crippen molar-refractivity contribution in [1.29, 1.82) is 0 Å². The van der Waals surface area contributed by atoms with Crippen LogP contribution in [-0.4, -0.2) is 28.5 Å². The number of carbonyl (C=O) groups is 2. The third-order valence-electron chi connectivity index (χ3n) is 3.03. The first-order valence-electron chi connectivity index (χ1n) is 6.05. The summed E-state index contributed by atoms with van der Waals surface area (Å²) in [5.41, 5.74) is 0.989. The maximum atomic E-state index is 11.6. The van der Waals surface area contributed by atoms with Crippen LogP contribution in [0.3, 0.4) is 0 Å². The zero-order valence-electron chi connectivity index (χ0n) is 10.2. The van der Waals surface area contributed by atoms with Crippen LogP contribution in [0.1, 0.15) is 24.0 Å². The van der Waals surface area contributed by atoms with Crippen molar-refractivity contribution >= 4 is 23.2 Å². The van der Waals surface area contributed by atoms with E-state index in [4.69, 9.17) is 5.11 Å². The van der Waals surface area contributed by atoms with E-state index in [0.717, 1.165) is 17.1 Å². The smallest absolute Gasteiger partial charge is 0.307 e. The van der Waals surface area contributed by atoms with E-state index in [-0.39, 0.29) is 11.8 Å². The van der Waals surface area contributed by atoms with Gasteiger partial charge in [-0.2, -0.15) is 0 Å². The molecular formula is C12H16N2O3S. The summed E-state index contributed by atoms with van der Waals surface area (Å²) in [7, 11) is 0. The lowest BCUT2D eigenvalue weighted by Gasteiger charge is -2.02. The third-order valence-corrected chi connectivity index (χ3v) is 4.07. The first kappa shape index (κ1) is 13.0. The van der Waals surface area contributed by atoms with Gasteiger partial charge in [0.25, 0.3) is 0 Å². The van der Waals surface area contributed by atoms with Gasteiger partial charge in [0.2, 0.25) is 5.91 Å². The molecule has 98 valence electrons. The Morgan fingerprint density at radius 1 is 1.56 bits per heavy atom. The van der Waals surface area contributed by atoms with Crippen molar-refractivity contribution in [3.63, 3.8) is 0 Å². The van der Waals surface area contributed by atoms with Crippen LogP contribution >= 0.6 is 11.3 Å². The van der Waals surface area contributed by atoms with Gasteiger partial charge in [-0.25, -0.2) is 4.98 Å². The number of nitrogens with zero attached hydrogens (tertiary/aromatic N) is 1. The Bertz CT molecular complexity index is 458. The molecule has 1 fully saturated rings. The van der Waals surface area contributed by atoms with E-state index in [1.807, 2.05) is 5.38 Å². The molecule has 0 aromatic carbocycles. The van der Waals surface area contributed by atoms with Gasteiger partial charge in [0, 0.05) is 18.3 Å². The second-order valence-corrected chi connectivity index (χ2v) is 5.36. The largest absolute Gasteiger partial charge is 0.481 e. The van der Waals surface area contributed by atoms with Crippen molar-refractivity contribution in [2.24, 2.45) is 11.8 Å². The van der Waals surface area contributed by atoms with Crippen molar-refractivity contribution in [2.45, 2.75) is 26.2 Å². The topological polar surface area (TPSA) is 79.3 Å². The fourth-order valence-electron chi connectivity index (χ4n) is 1.83. The molecule has 1 aromatic rings. The summed E-state index contributed by atoms with van der Waals surface area (Å²) in [5, 5.41) is 14.6. The Hall–Kier alpha value is -1.43. The van der Waals surface area contributed by atoms with E-state index in [2.05, 4.69) is 17.2 Å². The number of aliphatic carboxylic acids is 1. The van der Waals surface area contributed by atoms with Gasteiger partial charge >= 0.3 is 5.97 Å². The average molecular weight is 268 g/mol. The Kier molecular flexibility index (Phi) is 3.96. The zero-order chi connectivity index (χ0) is 13.1. The molecule has 0 saturated heterocycles. The number of carboxylic acid groups (broad SMARTS) is 1. The quantitative estimate of drug-likeness (QED) is 0.809. The molecule has 2 rings (SSSR count). The van der Waals surface area contributed by atoms with Gasteiger partial charge in [-0.1, -0.05) is 6.92 Å². The number of carbonyl (C=O) groups excluding carboxylic acids is 1. The molecule has 1 heterocycles. The first-order valence-corrected chi connectivity index (χ1v) is 6.93. The summed E-state index contributed by atoms with van der Waals surface area (Å²) in [6, 6.07) is 0. The summed E-state index contributed by atoms with van der Waals surface area (Å²) >= 11 is 1.63. The number of hydrogen-bond acceptors (Lipinski definition) is 4. The van der Waals surface area contributed by atoms with Crippen molar-refractivity contribution in [1.82, 2.24) is 10.3 Å². The molecule has 0 radical (unpaired) electrons. The summed E-state index contributed by atoms with van der Waals surface area (Å²) in [6.07, 6.45) is 2.10. The van der Waals surface area contributed by atoms with Crippen LogP contribution in [0.4, 0.5) is 0 Å². The minimum absolute atomic E-state index is 0.145. The van der Waals surface area contributed by atoms with Crippen molar-refractivity contribution in [2.75, 3.05) is 6.54 Å². The Balaban J connectivity index is 1.69. The van der Waals surface area contributed by atoms with E-state index in [0.29, 0.717) is 19.4 Å². The van der Waals surface area contributed by atoms with Gasteiger partial charge in [0.15, 0.2) is 0 Å². The highest BCUT2D eigenvalue weighted by Gasteiger charge is 2.48. The minimum Gasteiger partial charge on any atom is -0.481 e. The highest BCUT2D eigenvalue weighted by atomic mass is 32.1. The standard InChI is InChI=1S/C12H16N2O3S/c1-2-10-14-7(6-18-10)3-4-13-11(15)8-5-9(8)12(16)17/h6,8-9H,2-5H2,1H3,(H,13,15)(H,16,17)/t8-,9+/m1/s1. The van der Waals surface area contributed by atoms with Crippen molar-refractivity contribution in [3.05, 3.63) is 16.1 Å². The number of aryl methyl sites for hydroxylation is 1. The van der Waals surface area contributed by atoms with Gasteiger partial charge in [-0.3, -0.25) is 9.59 Å². The molecule has 1 aliphatic rings. The van der Waals surface area contributed by atoms with Gasteiger partial charge in [0.1, 0.15) is 0 Å². The second kappa shape index (κ2) is 5.48. The van der Waals surface area contributed by atoms with Gasteiger partial charge in [-0.15, -0.1) is 11.3 Å². The lowest BCUT2D eigenvalue weighted by molar-refractivity contribution is -0.140. The maximum Gasteiger partial charge on any atom is 0.307 e. The molecule has 1 saturated carbocycles. The van der Waals surface area contributed by atoms with E-state index in [9.17, 15) is 9.59 Å². The summed E-state index contributed by atoms with van der Waals surface area (Å²) < 4.78 is 0. The molecule has 5 nitrogen and oxygen atoms in total. The molecule has 1 amide bonds. The molecule has 0 aliphatic heterocycles. The zero-order valence-corrected chi connectivity index (χ0v) is 11.0. The van der Waals surface area contributed by atoms with Crippen LogP contribution in [0.15, 0.2) is 5.38 Å². The Morgan fingerprint density at radius 3 is 2.89 bits per heavy atom. The van der Waals surface area contributed by atoms with E-state index >= 15 is 0 Å². The predicted molar refractivity (Wildman–Crippen MR) is 67.4 cm³/mol. The summed E-state index contributed by atoms with van der Waals surface area (Å²) in [6.45, 7) is 2.58. The first-order chi connectivity index (χ1) is 8.61. The number of rotatable bonds is 6. The molecule has 0 spiro atoms. The molecule has 1 aromatic heterocycles. The molecule has 18 heavy (non-hydrogen) atoms. The fourth-order valence-corrected chi connectivity index (χ4v) is 2.61. The molecule has 2 atom stereocenters. The number of carboxylic acids is 1. The fraction of sp³-hybridized carbons (Fsp3) is 0.583. The molecular weight excluding hydrogens is 252 g/mol. The monoisotopic (exact) mass is 268 g/mol. The number of nitrogens with one attached hydrogen (secondary N) is 1. The average Bonchev–Trinajstić information content (AvgIpc) is 3.03. The van der Waals surface area contributed by atoms with Crippen LogP contribution in [0.25, 0.3) is 0 Å². The Morgan fingerprint density at radius 2 is 2.33 bits per heavy atom. The lowest BCUT2D eigenvalue weighted by Crippen LogP contribution is -2.28. The normalized spacial score (nSPS) is 21.6. The van der Waals surface area contributed by atoms with Crippen LogP contribution in [0, 0.1) is 11.8 Å². The molecule has 6 heteroatoms. The number of aromatic nitrogens is 1. The van der Waals surface area contributed by atoms with E-state index < -0.39 is 11.9 Å². The van der Waals surface area contributed by atoms with Crippen LogP contribution in [-0.2, 0) is 22.4 Å². The van der Waals surface area contributed by atoms with Crippen LogP contribution in [0.2, 0.25) is 0 Å². The van der Waals surface area contributed by atoms with Crippen LogP contribution < -0.4 is 5.32 Å². The SMILES string of the molecule is CCc1nc(CCNC(=O)[C@@H]2C[C@@H]2C(=O)O)cs1. The van der Waals surface area contributed by atoms with Gasteiger partial charge in [0.05, 0.1) is 22.5 Å². The van der Waals surface area contributed by atoms with E-state index in [1.54, 1.807) is 11.3 Å². The van der Waals surface area contributed by atoms with Gasteiger partial charge in [-0.05, 0) is 12.8 Å². The molecule has 1 aliphatic carbocycles. The highest BCUT2D eigenvalue weighted by Crippen LogP contribution is 2.38. The molecule has 0 unspecified atom stereocenters. The van der Waals surface area contributed by atoms with Gasteiger partial charge < -0.3 is 10.4 Å². The number of hydrogen-bond donors (Lipinski definition) is 2. The Labute approximate surface area is 109 Å². The molecule has 0 bridgehead atoms. The highest BCUT2D eigenvalue weighted by molar-refractivity contribution is 7.09. The van der Waals surface area contributed by atoms with Crippen molar-refractivity contribution < 1.29 is 14.7 Å². The number of amides is 1. The summed E-state index contributed by atoms with van der Waals surface area (Å²) in [5.74, 6) is -1.82. The third kappa shape index (κ3) is 3.07. The van der Waals surface area contributed by atoms with Crippen LogP contribution in [0.5, 0.6) is 0 Å².